The molecule has 102 valence electrons. The number of nitrogens with two attached hydrogens (primary N) is 1. The number of nitrogens with one attached hydrogen (secondary N) is 2. The molecule has 0 aliphatic carbocycles. The first-order chi connectivity index (χ1) is 9.08. The predicted octanol–water partition coefficient (Wildman–Crippen LogP) is 0.253. The minimum absolute atomic E-state index is 0.0488. The molecule has 0 saturated carbocycles. The van der Waals surface area contributed by atoms with E-state index in [0.29, 0.717) is 5.82 Å². The molecule has 1 aliphatic rings. The topological polar surface area (TPSA) is 123 Å². The molecule has 1 aromatic heterocycles. The van der Waals surface area contributed by atoms with Crippen molar-refractivity contribution in [3.05, 3.63) is 27.9 Å². The van der Waals surface area contributed by atoms with E-state index in [4.69, 9.17) is 5.73 Å². The third-order valence-corrected chi connectivity index (χ3v) is 3.03. The van der Waals surface area contributed by atoms with Gasteiger partial charge in [-0.05, 0) is 25.9 Å². The highest BCUT2D eigenvalue weighted by Gasteiger charge is 2.19. The normalized spacial score (nSPS) is 16.0. The van der Waals surface area contributed by atoms with Crippen LogP contribution in [0.1, 0.15) is 23.2 Å². The van der Waals surface area contributed by atoms with E-state index in [-0.39, 0.29) is 17.3 Å². The molecular formula is C11H15N5O3. The molecule has 1 saturated heterocycles. The van der Waals surface area contributed by atoms with Crippen LogP contribution in [0.25, 0.3) is 0 Å². The summed E-state index contributed by atoms with van der Waals surface area (Å²) in [6.45, 7) is 1.77. The zero-order chi connectivity index (χ0) is 13.8. The van der Waals surface area contributed by atoms with Crippen molar-refractivity contribution in [2.24, 2.45) is 5.73 Å². The Morgan fingerprint density at radius 2 is 2.21 bits per heavy atom. The first-order valence-electron chi connectivity index (χ1n) is 5.99. The zero-order valence-electron chi connectivity index (χ0n) is 10.3. The van der Waals surface area contributed by atoms with Crippen LogP contribution < -0.4 is 16.4 Å². The van der Waals surface area contributed by atoms with Crippen LogP contribution >= 0.6 is 0 Å². The van der Waals surface area contributed by atoms with E-state index in [9.17, 15) is 14.9 Å². The molecule has 0 aromatic carbocycles. The van der Waals surface area contributed by atoms with Crippen molar-refractivity contribution in [3.63, 3.8) is 0 Å². The Morgan fingerprint density at radius 3 is 2.79 bits per heavy atom. The molecule has 2 rings (SSSR count). The van der Waals surface area contributed by atoms with Gasteiger partial charge in [0.15, 0.2) is 0 Å². The van der Waals surface area contributed by atoms with Crippen LogP contribution in [0.4, 0.5) is 11.5 Å². The van der Waals surface area contributed by atoms with E-state index in [0.717, 1.165) is 38.2 Å². The number of nitrogens with zero attached hydrogens (tertiary/aromatic N) is 2. The number of amides is 1. The lowest BCUT2D eigenvalue weighted by Crippen LogP contribution is -2.36. The van der Waals surface area contributed by atoms with Crippen LogP contribution in [0.15, 0.2) is 12.3 Å². The summed E-state index contributed by atoms with van der Waals surface area (Å²) in [7, 11) is 0. The summed E-state index contributed by atoms with van der Waals surface area (Å²) < 4.78 is 0. The molecule has 0 unspecified atom stereocenters. The van der Waals surface area contributed by atoms with Gasteiger partial charge in [-0.1, -0.05) is 0 Å². The van der Waals surface area contributed by atoms with Crippen molar-refractivity contribution in [2.75, 3.05) is 18.4 Å². The van der Waals surface area contributed by atoms with Crippen LogP contribution in [-0.4, -0.2) is 34.9 Å². The lowest BCUT2D eigenvalue weighted by molar-refractivity contribution is -0.385. The van der Waals surface area contributed by atoms with E-state index in [1.54, 1.807) is 0 Å². The number of hydrogen-bond acceptors (Lipinski definition) is 6. The van der Waals surface area contributed by atoms with E-state index in [2.05, 4.69) is 15.6 Å². The molecule has 2 heterocycles. The first kappa shape index (κ1) is 13.2. The minimum Gasteiger partial charge on any atom is -0.367 e. The Bertz CT molecular complexity index is 499. The van der Waals surface area contributed by atoms with Crippen LogP contribution in [0.5, 0.6) is 0 Å². The number of pyridine rings is 1. The summed E-state index contributed by atoms with van der Waals surface area (Å²) in [5.74, 6) is -0.419. The van der Waals surface area contributed by atoms with Gasteiger partial charge in [0.2, 0.25) is 0 Å². The summed E-state index contributed by atoms with van der Waals surface area (Å²) >= 11 is 0. The lowest BCUT2D eigenvalue weighted by Gasteiger charge is -2.24. The number of carbonyl (C=O) groups is 1. The van der Waals surface area contributed by atoms with Crippen LogP contribution in [0.3, 0.4) is 0 Å². The number of aromatic nitrogens is 1. The average Bonchev–Trinajstić information content (AvgIpc) is 2.39. The van der Waals surface area contributed by atoms with E-state index in [1.807, 2.05) is 0 Å². The van der Waals surface area contributed by atoms with Crippen molar-refractivity contribution in [2.45, 2.75) is 18.9 Å². The predicted molar refractivity (Wildman–Crippen MR) is 68.9 cm³/mol. The minimum atomic E-state index is -0.729. The third-order valence-electron chi connectivity index (χ3n) is 3.03. The van der Waals surface area contributed by atoms with Gasteiger partial charge in [-0.15, -0.1) is 0 Å². The van der Waals surface area contributed by atoms with Crippen molar-refractivity contribution in [1.29, 1.82) is 0 Å². The monoisotopic (exact) mass is 265 g/mol. The molecule has 19 heavy (non-hydrogen) atoms. The quantitative estimate of drug-likeness (QED) is 0.529. The maximum Gasteiger partial charge on any atom is 0.288 e. The van der Waals surface area contributed by atoms with Crippen LogP contribution in [0.2, 0.25) is 0 Å². The fourth-order valence-electron chi connectivity index (χ4n) is 2.02. The number of nitro groups is 1. The highest BCUT2D eigenvalue weighted by atomic mass is 16.6. The van der Waals surface area contributed by atoms with Crippen LogP contribution in [0, 0.1) is 10.1 Å². The molecule has 1 amide bonds. The van der Waals surface area contributed by atoms with Gasteiger partial charge >= 0.3 is 0 Å². The fraction of sp³-hybridized carbons (Fsp3) is 0.455. The van der Waals surface area contributed by atoms with Gasteiger partial charge < -0.3 is 16.4 Å². The van der Waals surface area contributed by atoms with Gasteiger partial charge in [0.1, 0.15) is 12.0 Å². The maximum atomic E-state index is 11.3. The number of hydrogen-bond donors (Lipinski definition) is 3. The first-order valence-corrected chi connectivity index (χ1v) is 5.99. The number of primary amides is 1. The Kier molecular flexibility index (Phi) is 3.91. The second kappa shape index (κ2) is 5.61. The van der Waals surface area contributed by atoms with Gasteiger partial charge in [-0.2, -0.15) is 0 Å². The molecule has 0 atom stereocenters. The van der Waals surface area contributed by atoms with E-state index in [1.165, 1.54) is 0 Å². The summed E-state index contributed by atoms with van der Waals surface area (Å²) in [5.41, 5.74) is 5.04. The molecule has 0 radical (unpaired) electrons. The van der Waals surface area contributed by atoms with Crippen molar-refractivity contribution < 1.29 is 9.72 Å². The average molecular weight is 265 g/mol. The molecule has 4 N–H and O–H groups in total. The van der Waals surface area contributed by atoms with Gasteiger partial charge in [0.25, 0.3) is 11.6 Å². The summed E-state index contributed by atoms with van der Waals surface area (Å²) in [6, 6.07) is 1.34. The number of carbonyl (C=O) groups excluding carboxylic acids is 1. The largest absolute Gasteiger partial charge is 0.367 e. The highest BCUT2D eigenvalue weighted by molar-refractivity contribution is 5.98. The number of anilines is 1. The molecule has 8 nitrogen and oxygen atoms in total. The second-order valence-electron chi connectivity index (χ2n) is 4.38. The molecule has 0 spiro atoms. The standard InChI is InChI=1S/C11H15N5O3/c12-10(17)9-5-8(16(18)19)6-14-11(9)15-7-1-3-13-4-2-7/h5-7,13H,1-4H2,(H2,12,17)(H,14,15). The van der Waals surface area contributed by atoms with Gasteiger partial charge in [-0.3, -0.25) is 14.9 Å². The molecule has 8 heteroatoms. The maximum absolute atomic E-state index is 11.3. The fourth-order valence-corrected chi connectivity index (χ4v) is 2.02. The van der Waals surface area contributed by atoms with Crippen molar-refractivity contribution in [1.82, 2.24) is 10.3 Å². The smallest absolute Gasteiger partial charge is 0.288 e. The summed E-state index contributed by atoms with van der Waals surface area (Å²) in [4.78, 5) is 25.3. The molecule has 1 aromatic rings. The van der Waals surface area contributed by atoms with E-state index < -0.39 is 10.8 Å². The second-order valence-corrected chi connectivity index (χ2v) is 4.38. The van der Waals surface area contributed by atoms with Gasteiger partial charge in [-0.25, -0.2) is 4.98 Å². The van der Waals surface area contributed by atoms with E-state index >= 15 is 0 Å². The lowest BCUT2D eigenvalue weighted by atomic mass is 10.1. The Labute approximate surface area is 109 Å². The summed E-state index contributed by atoms with van der Waals surface area (Å²) in [5, 5.41) is 17.0. The van der Waals surface area contributed by atoms with Gasteiger partial charge in [0.05, 0.1) is 10.5 Å². The number of rotatable bonds is 4. The van der Waals surface area contributed by atoms with Crippen molar-refractivity contribution >= 4 is 17.4 Å². The van der Waals surface area contributed by atoms with Gasteiger partial charge in [0, 0.05) is 12.1 Å². The van der Waals surface area contributed by atoms with Crippen LogP contribution in [-0.2, 0) is 0 Å². The SMILES string of the molecule is NC(=O)c1cc([N+](=O)[O-])cnc1NC1CCNCC1. The molecule has 0 bridgehead atoms. The third kappa shape index (κ3) is 3.16. The molecular weight excluding hydrogens is 250 g/mol. The number of piperidine rings is 1. The highest BCUT2D eigenvalue weighted by Crippen LogP contribution is 2.20. The molecule has 1 fully saturated rings. The van der Waals surface area contributed by atoms with Crippen molar-refractivity contribution in [3.8, 4) is 0 Å². The summed E-state index contributed by atoms with van der Waals surface area (Å²) in [6.07, 6.45) is 2.92. The zero-order valence-corrected chi connectivity index (χ0v) is 10.3. The Balaban J connectivity index is 2.23. The Hall–Kier alpha value is -2.22. The molecule has 1 aliphatic heterocycles. The Morgan fingerprint density at radius 1 is 1.53 bits per heavy atom.